The maximum atomic E-state index is 11.6. The van der Waals surface area contributed by atoms with Gasteiger partial charge in [-0.2, -0.15) is 0 Å². The van der Waals surface area contributed by atoms with Crippen LogP contribution in [0, 0.1) is 0 Å². The first-order chi connectivity index (χ1) is 7.85. The smallest absolute Gasteiger partial charge is 0.217 e. The van der Waals surface area contributed by atoms with E-state index in [4.69, 9.17) is 5.73 Å². The van der Waals surface area contributed by atoms with Gasteiger partial charge in [-0.05, 0) is 6.42 Å². The Kier molecular flexibility index (Phi) is 10.3. The molecule has 0 spiro atoms. The molecule has 0 aromatic carbocycles. The first-order valence-electron chi connectivity index (χ1n) is 5.72. The Labute approximate surface area is 104 Å². The Morgan fingerprint density at radius 2 is 1.88 bits per heavy atom. The van der Waals surface area contributed by atoms with Crippen molar-refractivity contribution in [3.05, 3.63) is 0 Å². The van der Waals surface area contributed by atoms with Crippen LogP contribution in [0.5, 0.6) is 0 Å². The summed E-state index contributed by atoms with van der Waals surface area (Å²) in [6.07, 6.45) is -0.861. The van der Waals surface area contributed by atoms with Gasteiger partial charge in [-0.25, -0.2) is 8.42 Å². The number of hydrogen-bond acceptors (Lipinski definition) is 5. The lowest BCUT2D eigenvalue weighted by molar-refractivity contribution is -0.119. The van der Waals surface area contributed by atoms with Crippen molar-refractivity contribution < 1.29 is 18.3 Å². The van der Waals surface area contributed by atoms with E-state index in [0.717, 1.165) is 0 Å². The summed E-state index contributed by atoms with van der Waals surface area (Å²) in [6, 6.07) is 0. The van der Waals surface area contributed by atoms with E-state index >= 15 is 0 Å². The van der Waals surface area contributed by atoms with Gasteiger partial charge < -0.3 is 16.2 Å². The molecule has 0 saturated heterocycles. The number of rotatable bonds is 6. The molecular formula is C10H24N2O4S. The molecule has 2 unspecified atom stereocenters. The van der Waals surface area contributed by atoms with Gasteiger partial charge in [0.25, 0.3) is 0 Å². The van der Waals surface area contributed by atoms with Crippen LogP contribution >= 0.6 is 0 Å². The van der Waals surface area contributed by atoms with Gasteiger partial charge in [0.15, 0.2) is 15.2 Å². The molecule has 2 atom stereocenters. The van der Waals surface area contributed by atoms with Gasteiger partial charge in [0, 0.05) is 13.5 Å². The molecule has 7 heteroatoms. The monoisotopic (exact) mass is 268 g/mol. The molecule has 0 aliphatic rings. The van der Waals surface area contributed by atoms with E-state index < -0.39 is 27.2 Å². The van der Waals surface area contributed by atoms with Crippen LogP contribution in [0.15, 0.2) is 0 Å². The van der Waals surface area contributed by atoms with Crippen LogP contribution in [-0.2, 0) is 14.6 Å². The minimum atomic E-state index is -3.59. The van der Waals surface area contributed by atoms with E-state index in [1.807, 2.05) is 13.8 Å². The number of nitrogens with one attached hydrogen (secondary N) is 1. The van der Waals surface area contributed by atoms with Crippen molar-refractivity contribution in [1.82, 2.24) is 5.32 Å². The average Bonchev–Trinajstić information content (AvgIpc) is 2.27. The molecule has 104 valence electrons. The Hall–Kier alpha value is -0.660. The van der Waals surface area contributed by atoms with Crippen molar-refractivity contribution >= 4 is 15.7 Å². The molecule has 4 N–H and O–H groups in total. The number of aliphatic hydroxyl groups excluding tert-OH is 1. The second kappa shape index (κ2) is 9.38. The zero-order valence-corrected chi connectivity index (χ0v) is 11.8. The van der Waals surface area contributed by atoms with Gasteiger partial charge in [-0.1, -0.05) is 20.8 Å². The molecule has 0 aliphatic heterocycles. The fourth-order valence-corrected chi connectivity index (χ4v) is 2.73. The third-order valence-electron chi connectivity index (χ3n) is 1.90. The first kappa shape index (κ1) is 18.7. The van der Waals surface area contributed by atoms with Crippen molar-refractivity contribution in [3.63, 3.8) is 0 Å². The van der Waals surface area contributed by atoms with Crippen LogP contribution in [0.2, 0.25) is 0 Å². The van der Waals surface area contributed by atoms with Crippen molar-refractivity contribution in [3.8, 4) is 0 Å². The number of amides is 1. The maximum Gasteiger partial charge on any atom is 0.217 e. The van der Waals surface area contributed by atoms with Gasteiger partial charge in [0.2, 0.25) is 5.91 Å². The fourth-order valence-electron chi connectivity index (χ4n) is 1.13. The number of sulfone groups is 1. The third-order valence-corrected chi connectivity index (χ3v) is 3.91. The Morgan fingerprint density at radius 1 is 1.41 bits per heavy atom. The van der Waals surface area contributed by atoms with E-state index in [0.29, 0.717) is 0 Å². The molecule has 0 aromatic heterocycles. The molecular weight excluding hydrogens is 244 g/mol. The maximum absolute atomic E-state index is 11.6. The SMILES string of the molecule is CC.CCC(O)C(NC(C)=O)S(=O)(=O)CCN. The van der Waals surface area contributed by atoms with E-state index in [-0.39, 0.29) is 18.7 Å². The molecule has 17 heavy (non-hydrogen) atoms. The normalized spacial score (nSPS) is 14.2. The number of carbonyl (C=O) groups is 1. The van der Waals surface area contributed by atoms with Crippen LogP contribution in [0.4, 0.5) is 0 Å². The fraction of sp³-hybridized carbons (Fsp3) is 0.900. The highest BCUT2D eigenvalue weighted by Gasteiger charge is 2.31. The first-order valence-corrected chi connectivity index (χ1v) is 7.43. The summed E-state index contributed by atoms with van der Waals surface area (Å²) in [6.45, 7) is 6.81. The summed E-state index contributed by atoms with van der Waals surface area (Å²) < 4.78 is 23.2. The van der Waals surface area contributed by atoms with Gasteiger partial charge in [-0.3, -0.25) is 4.79 Å². The van der Waals surface area contributed by atoms with Crippen molar-refractivity contribution in [1.29, 1.82) is 0 Å². The van der Waals surface area contributed by atoms with Crippen molar-refractivity contribution in [2.75, 3.05) is 12.3 Å². The highest BCUT2D eigenvalue weighted by Crippen LogP contribution is 2.07. The number of aliphatic hydroxyl groups is 1. The lowest BCUT2D eigenvalue weighted by Gasteiger charge is -2.22. The van der Waals surface area contributed by atoms with E-state index in [1.54, 1.807) is 6.92 Å². The molecule has 0 radical (unpaired) electrons. The summed E-state index contributed by atoms with van der Waals surface area (Å²) in [4.78, 5) is 10.8. The second-order valence-corrected chi connectivity index (χ2v) is 5.49. The molecule has 0 bridgehead atoms. The number of nitrogens with two attached hydrogens (primary N) is 1. The summed E-state index contributed by atoms with van der Waals surface area (Å²) in [5.41, 5.74) is 5.15. The lowest BCUT2D eigenvalue weighted by Crippen LogP contribution is -2.49. The zero-order chi connectivity index (χ0) is 14.1. The second-order valence-electron chi connectivity index (χ2n) is 3.25. The minimum absolute atomic E-state index is 0.0329. The predicted octanol–water partition coefficient (Wildman–Crippen LogP) is -0.381. The van der Waals surface area contributed by atoms with Crippen LogP contribution in [0.25, 0.3) is 0 Å². The molecule has 1 amide bonds. The topological polar surface area (TPSA) is 109 Å². The molecule has 0 fully saturated rings. The van der Waals surface area contributed by atoms with Gasteiger partial charge in [0.05, 0.1) is 11.9 Å². The zero-order valence-electron chi connectivity index (χ0n) is 10.9. The van der Waals surface area contributed by atoms with E-state index in [2.05, 4.69) is 5.32 Å². The summed E-state index contributed by atoms with van der Waals surface area (Å²) in [5, 5.41) is 10.5. The molecule has 6 nitrogen and oxygen atoms in total. The standard InChI is InChI=1S/C8H18N2O4S.C2H6/c1-3-7(12)8(10-6(2)11)15(13,14)5-4-9;1-2/h7-8,12H,3-5,9H2,1-2H3,(H,10,11);1-2H3. The van der Waals surface area contributed by atoms with Crippen LogP contribution < -0.4 is 11.1 Å². The van der Waals surface area contributed by atoms with Gasteiger partial charge in [0.1, 0.15) is 0 Å². The Bertz CT molecular complexity index is 303. The molecule has 0 saturated carbocycles. The quantitative estimate of drug-likeness (QED) is 0.608. The predicted molar refractivity (Wildman–Crippen MR) is 68.1 cm³/mol. The summed E-state index contributed by atoms with van der Waals surface area (Å²) in [7, 11) is -3.59. The Morgan fingerprint density at radius 3 is 2.18 bits per heavy atom. The highest BCUT2D eigenvalue weighted by atomic mass is 32.2. The molecule has 0 rings (SSSR count). The van der Waals surface area contributed by atoms with Crippen molar-refractivity contribution in [2.45, 2.75) is 45.6 Å². The largest absolute Gasteiger partial charge is 0.390 e. The minimum Gasteiger partial charge on any atom is -0.390 e. The summed E-state index contributed by atoms with van der Waals surface area (Å²) in [5.74, 6) is -0.747. The molecule has 0 aliphatic carbocycles. The van der Waals surface area contributed by atoms with E-state index in [1.165, 1.54) is 6.92 Å². The molecule has 0 aromatic rings. The van der Waals surface area contributed by atoms with E-state index in [9.17, 15) is 18.3 Å². The van der Waals surface area contributed by atoms with Crippen molar-refractivity contribution in [2.24, 2.45) is 5.73 Å². The average molecular weight is 268 g/mol. The van der Waals surface area contributed by atoms with Gasteiger partial charge >= 0.3 is 0 Å². The Balaban J connectivity index is 0. The highest BCUT2D eigenvalue weighted by molar-refractivity contribution is 7.92. The van der Waals surface area contributed by atoms with Crippen LogP contribution in [0.1, 0.15) is 34.1 Å². The van der Waals surface area contributed by atoms with Crippen LogP contribution in [0.3, 0.4) is 0 Å². The third kappa shape index (κ3) is 7.30. The van der Waals surface area contributed by atoms with Crippen LogP contribution in [-0.4, -0.2) is 43.2 Å². The summed E-state index contributed by atoms with van der Waals surface area (Å²) >= 11 is 0. The number of carbonyl (C=O) groups excluding carboxylic acids is 1. The molecule has 0 heterocycles. The lowest BCUT2D eigenvalue weighted by atomic mass is 10.3. The van der Waals surface area contributed by atoms with Gasteiger partial charge in [-0.15, -0.1) is 0 Å². The number of hydrogen-bond donors (Lipinski definition) is 3.